The summed E-state index contributed by atoms with van der Waals surface area (Å²) in [6.07, 6.45) is -2.87. The highest BCUT2D eigenvalue weighted by Crippen LogP contribution is 2.65. The first-order valence-electron chi connectivity index (χ1n) is 14.8. The lowest BCUT2D eigenvalue weighted by molar-refractivity contribution is -0.117. The Morgan fingerprint density at radius 2 is 1.48 bits per heavy atom. The highest BCUT2D eigenvalue weighted by atomic mass is 35.5. The quantitative estimate of drug-likeness (QED) is 0.238. The van der Waals surface area contributed by atoms with Crippen LogP contribution in [-0.2, 0) is 14.3 Å². The normalized spacial score (nSPS) is 16.5. The lowest BCUT2D eigenvalue weighted by atomic mass is 10.1. The van der Waals surface area contributed by atoms with Crippen molar-refractivity contribution in [2.45, 2.75) is 63.0 Å². The number of imide groups is 1. The molecule has 0 radical (unpaired) electrons. The van der Waals surface area contributed by atoms with Crippen molar-refractivity contribution in [3.8, 4) is 6.07 Å². The van der Waals surface area contributed by atoms with Gasteiger partial charge in [-0.3, -0.25) is 9.59 Å². The molecule has 1 aliphatic rings. The number of benzene rings is 3. The molecule has 3 aromatic rings. The SMILES string of the molecule is CC(C)(C)OC(=O)N(C(=O)OC(C)(C)C)c1c(F)ccc(NC(=O)c2cc(NC(=O)[C@@H]3[C@@H](c4cc(Cl)cc(C#N)c4)C3(Cl)Cl)ccc2Cl)c1F. The molecular formula is C34H30Cl4F2N4O6. The number of halogens is 6. The molecule has 3 aromatic carbocycles. The fourth-order valence-corrected chi connectivity index (χ4v) is 6.10. The van der Waals surface area contributed by atoms with Gasteiger partial charge in [0.1, 0.15) is 21.2 Å². The number of hydrogen-bond donors (Lipinski definition) is 2. The minimum absolute atomic E-state index is 0.0589. The smallest absolute Gasteiger partial charge is 0.424 e. The Bertz CT molecular complexity index is 1910. The van der Waals surface area contributed by atoms with Crippen LogP contribution in [0.3, 0.4) is 0 Å². The summed E-state index contributed by atoms with van der Waals surface area (Å²) in [5.74, 6) is -6.13. The van der Waals surface area contributed by atoms with Gasteiger partial charge >= 0.3 is 12.2 Å². The number of nitrogens with one attached hydrogen (secondary N) is 2. The molecule has 0 spiro atoms. The number of nitriles is 1. The van der Waals surface area contributed by atoms with E-state index in [9.17, 15) is 24.4 Å². The predicted octanol–water partition coefficient (Wildman–Crippen LogP) is 9.60. The summed E-state index contributed by atoms with van der Waals surface area (Å²) in [5, 5.41) is 14.3. The molecule has 4 amide bonds. The van der Waals surface area contributed by atoms with Crippen molar-refractivity contribution in [1.82, 2.24) is 0 Å². The van der Waals surface area contributed by atoms with E-state index >= 15 is 8.78 Å². The zero-order valence-corrected chi connectivity index (χ0v) is 30.4. The molecule has 0 bridgehead atoms. The van der Waals surface area contributed by atoms with E-state index in [0.29, 0.717) is 5.56 Å². The number of anilines is 3. The molecule has 264 valence electrons. The molecule has 0 saturated heterocycles. The first kappa shape index (κ1) is 38.6. The van der Waals surface area contributed by atoms with E-state index < -0.39 is 74.4 Å². The summed E-state index contributed by atoms with van der Waals surface area (Å²) in [6.45, 7) is 8.90. The summed E-state index contributed by atoms with van der Waals surface area (Å²) in [5.41, 5.74) is -3.56. The van der Waals surface area contributed by atoms with E-state index in [1.165, 1.54) is 71.9 Å². The van der Waals surface area contributed by atoms with E-state index in [4.69, 9.17) is 55.9 Å². The average Bonchev–Trinajstić information content (AvgIpc) is 3.57. The summed E-state index contributed by atoms with van der Waals surface area (Å²) in [6, 6.07) is 12.0. The molecular weight excluding hydrogens is 740 g/mol. The lowest BCUT2D eigenvalue weighted by Crippen LogP contribution is -2.44. The van der Waals surface area contributed by atoms with Crippen LogP contribution in [0.15, 0.2) is 48.5 Å². The number of carbonyl (C=O) groups is 4. The minimum atomic E-state index is -1.53. The van der Waals surface area contributed by atoms with Crippen LogP contribution in [0.5, 0.6) is 0 Å². The third-order valence-corrected chi connectivity index (χ3v) is 8.40. The molecule has 4 rings (SSSR count). The fourth-order valence-electron chi connectivity index (χ4n) is 4.83. The number of alkyl halides is 2. The monoisotopic (exact) mass is 768 g/mol. The van der Waals surface area contributed by atoms with Gasteiger partial charge in [-0.2, -0.15) is 10.2 Å². The van der Waals surface area contributed by atoms with Crippen LogP contribution in [0.25, 0.3) is 0 Å². The van der Waals surface area contributed by atoms with Crippen molar-refractivity contribution in [2.75, 3.05) is 15.5 Å². The Balaban J connectivity index is 1.60. The molecule has 2 N–H and O–H groups in total. The number of amides is 4. The highest BCUT2D eigenvalue weighted by molar-refractivity contribution is 6.53. The number of nitrogens with zero attached hydrogens (tertiary/aromatic N) is 2. The van der Waals surface area contributed by atoms with Crippen molar-refractivity contribution in [1.29, 1.82) is 5.26 Å². The van der Waals surface area contributed by atoms with Crippen molar-refractivity contribution < 1.29 is 37.4 Å². The van der Waals surface area contributed by atoms with E-state index in [-0.39, 0.29) is 31.8 Å². The van der Waals surface area contributed by atoms with Gasteiger partial charge in [-0.15, -0.1) is 23.2 Å². The highest BCUT2D eigenvalue weighted by Gasteiger charge is 2.67. The summed E-state index contributed by atoms with van der Waals surface area (Å²) < 4.78 is 40.0. The largest absolute Gasteiger partial charge is 0.443 e. The second-order valence-electron chi connectivity index (χ2n) is 13.2. The zero-order valence-electron chi connectivity index (χ0n) is 27.4. The first-order valence-corrected chi connectivity index (χ1v) is 16.3. The van der Waals surface area contributed by atoms with Gasteiger partial charge in [0.2, 0.25) is 5.91 Å². The third-order valence-electron chi connectivity index (χ3n) is 6.91. The molecule has 10 nitrogen and oxygen atoms in total. The predicted molar refractivity (Wildman–Crippen MR) is 186 cm³/mol. The van der Waals surface area contributed by atoms with Crippen LogP contribution in [0.2, 0.25) is 10.0 Å². The van der Waals surface area contributed by atoms with Gasteiger partial charge in [0.25, 0.3) is 5.91 Å². The molecule has 50 heavy (non-hydrogen) atoms. The zero-order chi connectivity index (χ0) is 37.5. The first-order chi connectivity index (χ1) is 23.0. The van der Waals surface area contributed by atoms with Crippen LogP contribution >= 0.6 is 46.4 Å². The van der Waals surface area contributed by atoms with Crippen molar-refractivity contribution >= 4 is 87.5 Å². The minimum Gasteiger partial charge on any atom is -0.443 e. The Kier molecular flexibility index (Phi) is 11.0. The van der Waals surface area contributed by atoms with Gasteiger partial charge < -0.3 is 20.1 Å². The maximum atomic E-state index is 16.0. The molecule has 0 aromatic heterocycles. The Morgan fingerprint density at radius 1 is 0.880 bits per heavy atom. The van der Waals surface area contributed by atoms with Gasteiger partial charge in [0.05, 0.1) is 33.8 Å². The van der Waals surface area contributed by atoms with Crippen LogP contribution in [0.1, 0.15) is 68.9 Å². The molecule has 1 fully saturated rings. The Morgan fingerprint density at radius 3 is 2.04 bits per heavy atom. The maximum Gasteiger partial charge on any atom is 0.424 e. The molecule has 0 unspecified atom stereocenters. The van der Waals surface area contributed by atoms with Crippen molar-refractivity contribution in [2.24, 2.45) is 5.92 Å². The number of rotatable bonds is 6. The molecule has 16 heteroatoms. The second kappa shape index (κ2) is 14.2. The molecule has 0 heterocycles. The van der Waals surface area contributed by atoms with Crippen LogP contribution in [-0.4, -0.2) is 39.5 Å². The third kappa shape index (κ3) is 8.76. The molecule has 0 aliphatic heterocycles. The average molecular weight is 770 g/mol. The Labute approximate surface area is 306 Å². The van der Waals surface area contributed by atoms with Crippen molar-refractivity contribution in [3.63, 3.8) is 0 Å². The number of hydrogen-bond acceptors (Lipinski definition) is 7. The van der Waals surface area contributed by atoms with Gasteiger partial charge in [0, 0.05) is 16.6 Å². The molecule has 1 saturated carbocycles. The van der Waals surface area contributed by atoms with Gasteiger partial charge in [-0.25, -0.2) is 18.4 Å². The van der Waals surface area contributed by atoms with Gasteiger partial charge in [-0.05, 0) is 95.6 Å². The van der Waals surface area contributed by atoms with Crippen LogP contribution in [0.4, 0.5) is 35.4 Å². The molecule has 2 atom stereocenters. The van der Waals surface area contributed by atoms with Crippen molar-refractivity contribution in [3.05, 3.63) is 86.9 Å². The van der Waals surface area contributed by atoms with E-state index in [0.717, 1.165) is 12.1 Å². The van der Waals surface area contributed by atoms with Crippen LogP contribution in [0, 0.1) is 28.9 Å². The summed E-state index contributed by atoms with van der Waals surface area (Å²) in [7, 11) is 0. The number of ether oxygens (including phenoxy) is 2. The topological polar surface area (TPSA) is 138 Å². The lowest BCUT2D eigenvalue weighted by Gasteiger charge is -2.29. The second-order valence-corrected chi connectivity index (χ2v) is 15.5. The van der Waals surface area contributed by atoms with Crippen LogP contribution < -0.4 is 15.5 Å². The molecule has 1 aliphatic carbocycles. The number of carbonyl (C=O) groups excluding carboxylic acids is 4. The standard InChI is InChI=1S/C34H30Cl4F2N4O6/c1-32(2,3)49-30(47)44(31(48)50-33(4,5)6)27-22(39)9-10-23(26(27)40)43-28(45)20-14-19(7-8-21(20)36)42-29(46)25-24(34(25,37)38)17-11-16(15-41)12-18(35)13-17/h7-14,24-25H,1-6H3,(H,42,46)(H,43,45)/t24-,25+/m1/s1. The Hall–Kier alpha value is -4.15. The van der Waals surface area contributed by atoms with E-state index in [1.807, 2.05) is 6.07 Å². The van der Waals surface area contributed by atoms with Gasteiger partial charge in [-0.1, -0.05) is 23.2 Å². The summed E-state index contributed by atoms with van der Waals surface area (Å²) in [4.78, 5) is 52.8. The maximum absolute atomic E-state index is 16.0. The summed E-state index contributed by atoms with van der Waals surface area (Å²) >= 11 is 25.3. The van der Waals surface area contributed by atoms with E-state index in [2.05, 4.69) is 10.6 Å². The van der Waals surface area contributed by atoms with E-state index in [1.54, 1.807) is 6.07 Å². The fraction of sp³-hybridized carbons (Fsp3) is 0.324. The van der Waals surface area contributed by atoms with Gasteiger partial charge in [0.15, 0.2) is 11.6 Å².